The number of hydrogen-bond acceptors (Lipinski definition) is 5. The summed E-state index contributed by atoms with van der Waals surface area (Å²) in [5.74, 6) is 0.792. The largest absolute Gasteiger partial charge is 0.495 e. The molecule has 2 rings (SSSR count). The molecule has 0 amide bonds. The van der Waals surface area contributed by atoms with E-state index in [4.69, 9.17) is 15.3 Å². The molecule has 1 aromatic carbocycles. The maximum absolute atomic E-state index is 8.68. The number of hydrogen-bond donors (Lipinski definition) is 1. The van der Waals surface area contributed by atoms with Crippen molar-refractivity contribution in [1.29, 1.82) is 10.5 Å². The molecule has 1 heterocycles. The lowest BCUT2D eigenvalue weighted by Gasteiger charge is -2.21. The first kappa shape index (κ1) is 13.8. The average Bonchev–Trinajstić information content (AvgIpc) is 3.02. The van der Waals surface area contributed by atoms with E-state index in [2.05, 4.69) is 10.2 Å². The van der Waals surface area contributed by atoms with E-state index < -0.39 is 0 Å². The van der Waals surface area contributed by atoms with Crippen molar-refractivity contribution in [3.8, 4) is 17.9 Å². The topological polar surface area (TPSA) is 72.1 Å². The summed E-state index contributed by atoms with van der Waals surface area (Å²) in [5, 5.41) is 20.3. The number of allylic oxidation sites excluding steroid dienone is 1. The lowest BCUT2D eigenvalue weighted by molar-refractivity contribution is 0.415. The van der Waals surface area contributed by atoms with Gasteiger partial charge in [0.05, 0.1) is 12.8 Å². The molecular formula is C15H16N4O. The average molecular weight is 268 g/mol. The molecule has 0 aliphatic carbocycles. The number of ether oxygens (including phenoxy) is 1. The first-order valence-electron chi connectivity index (χ1n) is 6.48. The van der Waals surface area contributed by atoms with E-state index in [1.54, 1.807) is 19.2 Å². The molecule has 1 N–H and O–H groups in total. The number of methoxy groups -OCH3 is 1. The lowest BCUT2D eigenvalue weighted by atomic mass is 10.2. The molecule has 0 spiro atoms. The fourth-order valence-corrected chi connectivity index (χ4v) is 2.23. The van der Waals surface area contributed by atoms with Gasteiger partial charge in [0, 0.05) is 31.0 Å². The molecule has 102 valence electrons. The van der Waals surface area contributed by atoms with Gasteiger partial charge < -0.3 is 15.0 Å². The molecule has 0 radical (unpaired) electrons. The highest BCUT2D eigenvalue weighted by molar-refractivity contribution is 5.66. The van der Waals surface area contributed by atoms with Gasteiger partial charge in [-0.15, -0.1) is 0 Å². The van der Waals surface area contributed by atoms with Crippen LogP contribution < -0.4 is 15.0 Å². The van der Waals surface area contributed by atoms with E-state index in [1.807, 2.05) is 18.2 Å². The van der Waals surface area contributed by atoms with E-state index >= 15 is 0 Å². The van der Waals surface area contributed by atoms with Gasteiger partial charge in [-0.3, -0.25) is 0 Å². The lowest BCUT2D eigenvalue weighted by Crippen LogP contribution is -2.18. The van der Waals surface area contributed by atoms with Crippen molar-refractivity contribution in [3.05, 3.63) is 30.0 Å². The number of rotatable bonds is 4. The molecular weight excluding hydrogens is 252 g/mol. The van der Waals surface area contributed by atoms with Crippen molar-refractivity contribution in [2.75, 3.05) is 30.4 Å². The van der Waals surface area contributed by atoms with Gasteiger partial charge in [-0.1, -0.05) is 0 Å². The van der Waals surface area contributed by atoms with E-state index in [-0.39, 0.29) is 5.57 Å². The van der Waals surface area contributed by atoms with Crippen LogP contribution in [0.4, 0.5) is 11.4 Å². The minimum Gasteiger partial charge on any atom is -0.495 e. The third-order valence-electron chi connectivity index (χ3n) is 3.25. The van der Waals surface area contributed by atoms with Gasteiger partial charge in [-0.2, -0.15) is 10.5 Å². The van der Waals surface area contributed by atoms with Gasteiger partial charge in [0.1, 0.15) is 23.5 Å². The molecule has 5 nitrogen and oxygen atoms in total. The number of nitrogens with zero attached hydrogens (tertiary/aromatic N) is 3. The Balaban J connectivity index is 2.19. The van der Waals surface area contributed by atoms with Crippen LogP contribution in [-0.4, -0.2) is 20.2 Å². The van der Waals surface area contributed by atoms with Crippen molar-refractivity contribution in [2.45, 2.75) is 12.8 Å². The van der Waals surface area contributed by atoms with Gasteiger partial charge in [-0.25, -0.2) is 0 Å². The Morgan fingerprint density at radius 3 is 2.60 bits per heavy atom. The molecule has 1 aliphatic heterocycles. The molecule has 0 unspecified atom stereocenters. The SMILES string of the molecule is COc1cc(NC=C(C#N)C#N)ccc1N1CCCC1. The second kappa shape index (κ2) is 6.49. The standard InChI is InChI=1S/C15H16N4O/c1-20-15-8-13(18-11-12(9-16)10-17)4-5-14(15)19-6-2-3-7-19/h4-5,8,11,18H,2-3,6-7H2,1H3. The normalized spacial score (nSPS) is 13.2. The van der Waals surface area contributed by atoms with E-state index in [0.29, 0.717) is 0 Å². The zero-order valence-electron chi connectivity index (χ0n) is 11.4. The summed E-state index contributed by atoms with van der Waals surface area (Å²) in [6, 6.07) is 9.40. The monoisotopic (exact) mass is 268 g/mol. The molecule has 1 aliphatic rings. The highest BCUT2D eigenvalue weighted by Crippen LogP contribution is 2.33. The maximum Gasteiger partial charge on any atom is 0.145 e. The third kappa shape index (κ3) is 3.02. The van der Waals surface area contributed by atoms with Crippen LogP contribution in [0.15, 0.2) is 30.0 Å². The molecule has 0 aromatic heterocycles. The van der Waals surface area contributed by atoms with Gasteiger partial charge in [0.25, 0.3) is 0 Å². The van der Waals surface area contributed by atoms with Gasteiger partial charge >= 0.3 is 0 Å². The predicted octanol–water partition coefficient (Wildman–Crippen LogP) is 2.64. The van der Waals surface area contributed by atoms with Crippen molar-refractivity contribution in [1.82, 2.24) is 0 Å². The predicted molar refractivity (Wildman–Crippen MR) is 77.4 cm³/mol. The minimum atomic E-state index is 0.0348. The molecule has 20 heavy (non-hydrogen) atoms. The van der Waals surface area contributed by atoms with Crippen LogP contribution >= 0.6 is 0 Å². The summed E-state index contributed by atoms with van der Waals surface area (Å²) in [7, 11) is 1.64. The highest BCUT2D eigenvalue weighted by atomic mass is 16.5. The zero-order chi connectivity index (χ0) is 14.4. The fraction of sp³-hybridized carbons (Fsp3) is 0.333. The molecule has 1 fully saturated rings. The number of anilines is 2. The summed E-state index contributed by atoms with van der Waals surface area (Å²) >= 11 is 0. The highest BCUT2D eigenvalue weighted by Gasteiger charge is 2.16. The van der Waals surface area contributed by atoms with Crippen molar-refractivity contribution in [3.63, 3.8) is 0 Å². The maximum atomic E-state index is 8.68. The number of benzene rings is 1. The van der Waals surface area contributed by atoms with Crippen LogP contribution in [-0.2, 0) is 0 Å². The Bertz CT molecular complexity index is 573. The Kier molecular flexibility index (Phi) is 4.47. The summed E-state index contributed by atoms with van der Waals surface area (Å²) in [6.45, 7) is 2.10. The van der Waals surface area contributed by atoms with Gasteiger partial charge in [0.2, 0.25) is 0 Å². The number of nitrogens with one attached hydrogen (secondary N) is 1. The van der Waals surface area contributed by atoms with Gasteiger partial charge in [0.15, 0.2) is 0 Å². The molecule has 1 aromatic rings. The van der Waals surface area contributed by atoms with Crippen molar-refractivity contribution >= 4 is 11.4 Å². The second-order valence-corrected chi connectivity index (χ2v) is 4.51. The Morgan fingerprint density at radius 2 is 2.00 bits per heavy atom. The van der Waals surface area contributed by atoms with E-state index in [9.17, 15) is 0 Å². The zero-order valence-corrected chi connectivity index (χ0v) is 11.4. The van der Waals surface area contributed by atoms with E-state index in [0.717, 1.165) is 30.2 Å². The molecule has 0 bridgehead atoms. The molecule has 1 saturated heterocycles. The Labute approximate surface area is 118 Å². The minimum absolute atomic E-state index is 0.0348. The van der Waals surface area contributed by atoms with Crippen LogP contribution in [0, 0.1) is 22.7 Å². The van der Waals surface area contributed by atoms with Crippen LogP contribution in [0.5, 0.6) is 5.75 Å². The first-order chi connectivity index (χ1) is 9.78. The summed E-state index contributed by atoms with van der Waals surface area (Å²) in [5.41, 5.74) is 1.90. The van der Waals surface area contributed by atoms with Crippen molar-refractivity contribution in [2.24, 2.45) is 0 Å². The first-order valence-corrected chi connectivity index (χ1v) is 6.48. The van der Waals surface area contributed by atoms with Crippen LogP contribution in [0.2, 0.25) is 0 Å². The molecule has 0 atom stereocenters. The summed E-state index contributed by atoms with van der Waals surface area (Å²) in [4.78, 5) is 2.30. The van der Waals surface area contributed by atoms with Crippen molar-refractivity contribution < 1.29 is 4.74 Å². The smallest absolute Gasteiger partial charge is 0.145 e. The summed E-state index contributed by atoms with van der Waals surface area (Å²) < 4.78 is 5.43. The Hall–Kier alpha value is -2.66. The van der Waals surface area contributed by atoms with E-state index in [1.165, 1.54) is 19.0 Å². The quantitative estimate of drug-likeness (QED) is 0.850. The third-order valence-corrected chi connectivity index (χ3v) is 3.25. The molecule has 0 saturated carbocycles. The van der Waals surface area contributed by atoms with Gasteiger partial charge in [-0.05, 0) is 25.0 Å². The molecule has 5 heteroatoms. The van der Waals surface area contributed by atoms with Crippen LogP contribution in [0.25, 0.3) is 0 Å². The van der Waals surface area contributed by atoms with Crippen LogP contribution in [0.1, 0.15) is 12.8 Å². The number of nitriles is 2. The fourth-order valence-electron chi connectivity index (χ4n) is 2.23. The second-order valence-electron chi connectivity index (χ2n) is 4.51. The summed E-state index contributed by atoms with van der Waals surface area (Å²) in [6.07, 6.45) is 3.81. The van der Waals surface area contributed by atoms with Crippen LogP contribution in [0.3, 0.4) is 0 Å². The Morgan fingerprint density at radius 1 is 1.30 bits per heavy atom.